The summed E-state index contributed by atoms with van der Waals surface area (Å²) >= 11 is 0. The van der Waals surface area contributed by atoms with Crippen LogP contribution in [0.15, 0.2) is 0 Å². The van der Waals surface area contributed by atoms with Crippen molar-refractivity contribution in [2.24, 2.45) is 0 Å². The van der Waals surface area contributed by atoms with Crippen LogP contribution in [0.5, 0.6) is 0 Å². The first kappa shape index (κ1) is 46.3. The number of carbonyl (C=O) groups excluding carboxylic acids is 2. The Kier molecular flexibility index (Phi) is 15.8. The van der Waals surface area contributed by atoms with E-state index in [2.05, 4.69) is 10.6 Å². The molecule has 56 heavy (non-hydrogen) atoms. The highest BCUT2D eigenvalue weighted by molar-refractivity contribution is 5.76. The maximum absolute atomic E-state index is 12.6. The number of hydrogen-bond donors (Lipinski definition) is 15. The molecular formula is C31H52N2O23. The number of aliphatic carboxylic acids is 1. The molecule has 15 N–H and O–H groups in total. The van der Waals surface area contributed by atoms with E-state index in [1.807, 2.05) is 0 Å². The molecule has 2 amide bonds. The molecule has 4 fully saturated rings. The van der Waals surface area contributed by atoms with Crippen LogP contribution in [0.3, 0.4) is 0 Å². The van der Waals surface area contributed by atoms with Crippen molar-refractivity contribution in [3.8, 4) is 0 Å². The summed E-state index contributed by atoms with van der Waals surface area (Å²) in [6.45, 7) is 0.400. The van der Waals surface area contributed by atoms with Crippen molar-refractivity contribution >= 4 is 17.8 Å². The van der Waals surface area contributed by atoms with Crippen LogP contribution in [0.1, 0.15) is 27.2 Å². The highest BCUT2D eigenvalue weighted by atomic mass is 16.8. The minimum atomic E-state index is -2.92. The zero-order valence-electron chi connectivity index (χ0n) is 30.3. The van der Waals surface area contributed by atoms with E-state index in [0.717, 1.165) is 13.8 Å². The molecule has 0 aromatic carbocycles. The lowest BCUT2D eigenvalue weighted by atomic mass is 9.88. The predicted octanol–water partition coefficient (Wildman–Crippen LogP) is -9.23. The zero-order valence-corrected chi connectivity index (χ0v) is 30.3. The van der Waals surface area contributed by atoms with Gasteiger partial charge in [-0.2, -0.15) is 0 Å². The second-order valence-electron chi connectivity index (χ2n) is 14.1. The highest BCUT2D eigenvalue weighted by Gasteiger charge is 2.58. The molecule has 25 heteroatoms. The number of nitrogens with one attached hydrogen (secondary N) is 2. The SMILES string of the molecule is CC(=O)N[C@@H]1[C@@H](O[C@@H]2O[C@H](CO[C@]3(C(=O)O)C[C@H](O)[C@@H](NC(C)=O)[C@H]([C@H](O)[C@H](O)CO)O3)[C@H](O)[C@H](O)[C@H]2O)[C@H](O[C@@H]2O[C@@H](C)[C@@H](O)[C@@H](O)[C@@H]2O)[C@@H](CO)O[C@H]1O. The summed E-state index contributed by atoms with van der Waals surface area (Å²) < 4.78 is 39.4. The lowest BCUT2D eigenvalue weighted by molar-refractivity contribution is -0.375. The summed E-state index contributed by atoms with van der Waals surface area (Å²) in [5, 5.41) is 141. The van der Waals surface area contributed by atoms with Crippen LogP contribution >= 0.6 is 0 Å². The van der Waals surface area contributed by atoms with Gasteiger partial charge in [0.15, 0.2) is 18.9 Å². The second-order valence-corrected chi connectivity index (χ2v) is 14.1. The van der Waals surface area contributed by atoms with E-state index < -0.39 is 172 Å². The Morgan fingerprint density at radius 1 is 0.750 bits per heavy atom. The maximum Gasteiger partial charge on any atom is 0.364 e. The molecule has 4 aliphatic heterocycles. The van der Waals surface area contributed by atoms with E-state index in [0.29, 0.717) is 0 Å². The molecule has 4 rings (SSSR count). The number of carboxylic acid groups (broad SMARTS) is 1. The van der Waals surface area contributed by atoms with E-state index in [4.69, 9.17) is 33.2 Å². The lowest BCUT2D eigenvalue weighted by Gasteiger charge is -2.49. The van der Waals surface area contributed by atoms with Crippen LogP contribution in [-0.2, 0) is 47.5 Å². The zero-order chi connectivity index (χ0) is 42.0. The van der Waals surface area contributed by atoms with Gasteiger partial charge < -0.3 is 110 Å². The van der Waals surface area contributed by atoms with E-state index in [9.17, 15) is 80.8 Å². The van der Waals surface area contributed by atoms with E-state index >= 15 is 0 Å². The highest BCUT2D eigenvalue weighted by Crippen LogP contribution is 2.36. The molecule has 0 saturated carbocycles. The molecule has 4 heterocycles. The molecular weight excluding hydrogens is 768 g/mol. The van der Waals surface area contributed by atoms with Gasteiger partial charge in [0.25, 0.3) is 5.79 Å². The molecule has 0 radical (unpaired) electrons. The van der Waals surface area contributed by atoms with Gasteiger partial charge in [-0.15, -0.1) is 0 Å². The molecule has 4 aliphatic rings. The third-order valence-electron chi connectivity index (χ3n) is 9.94. The number of carboxylic acids is 1. The molecule has 0 aromatic heterocycles. The van der Waals surface area contributed by atoms with E-state index in [1.54, 1.807) is 0 Å². The first-order valence-electron chi connectivity index (χ1n) is 17.6. The fourth-order valence-corrected chi connectivity index (χ4v) is 6.88. The van der Waals surface area contributed by atoms with Crippen molar-refractivity contribution < 1.29 is 114 Å². The van der Waals surface area contributed by atoms with Crippen LogP contribution in [0.2, 0.25) is 0 Å². The van der Waals surface area contributed by atoms with Gasteiger partial charge in [0.05, 0.1) is 38.1 Å². The van der Waals surface area contributed by atoms with Crippen LogP contribution in [0.25, 0.3) is 0 Å². The molecule has 4 saturated heterocycles. The Hall–Kier alpha value is -2.35. The summed E-state index contributed by atoms with van der Waals surface area (Å²) in [4.78, 5) is 36.7. The Morgan fingerprint density at radius 3 is 1.86 bits per heavy atom. The van der Waals surface area contributed by atoms with Gasteiger partial charge in [-0.3, -0.25) is 9.59 Å². The van der Waals surface area contributed by atoms with Crippen molar-refractivity contribution in [3.05, 3.63) is 0 Å². The predicted molar refractivity (Wildman–Crippen MR) is 173 cm³/mol. The van der Waals surface area contributed by atoms with Crippen LogP contribution in [0.4, 0.5) is 0 Å². The smallest absolute Gasteiger partial charge is 0.364 e. The largest absolute Gasteiger partial charge is 0.477 e. The fourth-order valence-electron chi connectivity index (χ4n) is 6.88. The average Bonchev–Trinajstić information content (AvgIpc) is 3.14. The van der Waals surface area contributed by atoms with Crippen LogP contribution in [-0.4, -0.2) is 232 Å². The van der Waals surface area contributed by atoms with Gasteiger partial charge in [-0.25, -0.2) is 4.79 Å². The topological polar surface area (TPSA) is 403 Å². The Balaban J connectivity index is 1.62. The molecule has 0 aliphatic carbocycles. The minimum absolute atomic E-state index is 0.751. The molecule has 25 nitrogen and oxygen atoms in total. The first-order valence-corrected chi connectivity index (χ1v) is 17.6. The molecule has 0 bridgehead atoms. The van der Waals surface area contributed by atoms with Crippen molar-refractivity contribution in [1.82, 2.24) is 10.6 Å². The minimum Gasteiger partial charge on any atom is -0.477 e. The Labute approximate surface area is 317 Å². The monoisotopic (exact) mass is 820 g/mol. The van der Waals surface area contributed by atoms with E-state index in [1.165, 1.54) is 6.92 Å². The van der Waals surface area contributed by atoms with Gasteiger partial charge in [0.2, 0.25) is 11.8 Å². The first-order chi connectivity index (χ1) is 26.2. The molecule has 21 atom stereocenters. The number of aliphatic hydroxyl groups is 12. The Bertz CT molecular complexity index is 1330. The lowest BCUT2D eigenvalue weighted by Crippen LogP contribution is -2.70. The summed E-state index contributed by atoms with van der Waals surface area (Å²) in [6.07, 6.45) is -34.2. The third kappa shape index (κ3) is 9.91. The van der Waals surface area contributed by atoms with Gasteiger partial charge >= 0.3 is 5.97 Å². The third-order valence-corrected chi connectivity index (χ3v) is 9.94. The Morgan fingerprint density at radius 2 is 1.30 bits per heavy atom. The number of ether oxygens (including phenoxy) is 7. The standard InChI is InChI=1S/C31H52N2O23/c1-8-17(40)20(43)22(45)28(51-8)54-24-13(6-35)52-27(47)16(33-10(3)37)26(24)55-29-23(46)21(44)19(42)14(53-29)7-50-31(30(48)49)4-11(38)15(32-9(2)36)25(56-31)18(41)12(39)5-34/h8,11-29,34-35,38-47H,4-7H2,1-3H3,(H,32,36)(H,33,37)(H,48,49)/t8-,11-,12+,13+,14+,15+,16+,17+,18+,19-,20+,21-,22-,23+,24+,25+,26+,27+,28-,29-,31+/m0/s1. The maximum atomic E-state index is 12.6. The fraction of sp³-hybridized carbons (Fsp3) is 0.903. The molecule has 0 aromatic rings. The number of hydrogen-bond acceptors (Lipinski definition) is 22. The number of carbonyl (C=O) groups is 3. The van der Waals surface area contributed by atoms with Gasteiger partial charge in [0, 0.05) is 20.3 Å². The molecule has 0 spiro atoms. The number of rotatable bonds is 14. The summed E-state index contributed by atoms with van der Waals surface area (Å²) in [5.74, 6) is -6.36. The van der Waals surface area contributed by atoms with Crippen molar-refractivity contribution in [3.63, 3.8) is 0 Å². The number of amides is 2. The van der Waals surface area contributed by atoms with Gasteiger partial charge in [-0.1, -0.05) is 0 Å². The van der Waals surface area contributed by atoms with Crippen molar-refractivity contribution in [2.75, 3.05) is 19.8 Å². The quantitative estimate of drug-likeness (QED) is 0.0773. The second kappa shape index (κ2) is 19.1. The van der Waals surface area contributed by atoms with Crippen LogP contribution in [0, 0.1) is 0 Å². The van der Waals surface area contributed by atoms with E-state index in [-0.39, 0.29) is 0 Å². The molecule has 324 valence electrons. The molecule has 0 unspecified atom stereocenters. The summed E-state index contributed by atoms with van der Waals surface area (Å²) in [6, 6.07) is -3.17. The van der Waals surface area contributed by atoms with Gasteiger partial charge in [-0.05, 0) is 6.92 Å². The normalized spacial score (nSPS) is 45.7. The number of aliphatic hydroxyl groups excluding tert-OH is 12. The van der Waals surface area contributed by atoms with Crippen molar-refractivity contribution in [1.29, 1.82) is 0 Å². The van der Waals surface area contributed by atoms with Gasteiger partial charge in [0.1, 0.15) is 85.4 Å². The summed E-state index contributed by atoms with van der Waals surface area (Å²) in [5.41, 5.74) is 0. The summed E-state index contributed by atoms with van der Waals surface area (Å²) in [7, 11) is 0. The van der Waals surface area contributed by atoms with Crippen LogP contribution < -0.4 is 10.6 Å². The van der Waals surface area contributed by atoms with Crippen molar-refractivity contribution in [2.45, 2.75) is 155 Å². The average molecular weight is 821 g/mol.